The molecule has 1 aliphatic rings. The number of hydrogen-bond donors (Lipinski definition) is 1. The topological polar surface area (TPSA) is 27.6 Å². The molecule has 1 saturated heterocycles. The van der Waals surface area contributed by atoms with E-state index in [1.54, 1.807) is 0 Å². The number of piperidine rings is 1. The van der Waals surface area contributed by atoms with Gasteiger partial charge in [0, 0.05) is 26.2 Å². The molecule has 1 rings (SSSR count). The second kappa shape index (κ2) is 9.97. The van der Waals surface area contributed by atoms with Crippen molar-refractivity contribution in [1.82, 2.24) is 10.2 Å². The monoisotopic (exact) mass is 353 g/mol. The summed E-state index contributed by atoms with van der Waals surface area (Å²) < 4.78 is 0. The van der Waals surface area contributed by atoms with Gasteiger partial charge in [-0.2, -0.15) is 0 Å². The van der Waals surface area contributed by atoms with Gasteiger partial charge >= 0.3 is 0 Å². The largest absolute Gasteiger partial charge is 0.357 e. The Morgan fingerprint density at radius 2 is 1.94 bits per heavy atom. The Balaban J connectivity index is 0.00000256. The van der Waals surface area contributed by atoms with Crippen molar-refractivity contribution >= 4 is 29.9 Å². The molecular weight excluding hydrogens is 325 g/mol. The predicted molar refractivity (Wildman–Crippen MR) is 86.3 cm³/mol. The van der Waals surface area contributed by atoms with Crippen molar-refractivity contribution in [3.63, 3.8) is 0 Å². The van der Waals surface area contributed by atoms with E-state index in [2.05, 4.69) is 36.0 Å². The average Bonchev–Trinajstić information content (AvgIpc) is 2.29. The molecule has 1 N–H and O–H groups in total. The van der Waals surface area contributed by atoms with Crippen LogP contribution in [0.5, 0.6) is 0 Å². The lowest BCUT2D eigenvalue weighted by Crippen LogP contribution is -2.45. The first kappa shape index (κ1) is 17.0. The molecule has 0 aromatic heterocycles. The SMILES string of the molecule is CCCCN=C(NCC)N1CCC(C)CC1.I. The molecule has 17 heavy (non-hydrogen) atoms. The summed E-state index contributed by atoms with van der Waals surface area (Å²) >= 11 is 0. The highest BCUT2D eigenvalue weighted by atomic mass is 127. The van der Waals surface area contributed by atoms with E-state index < -0.39 is 0 Å². The molecule has 0 spiro atoms. The fraction of sp³-hybridized carbons (Fsp3) is 0.923. The molecule has 0 saturated carbocycles. The van der Waals surface area contributed by atoms with E-state index in [1.165, 1.54) is 38.8 Å². The minimum Gasteiger partial charge on any atom is -0.357 e. The van der Waals surface area contributed by atoms with Crippen LogP contribution in [0.25, 0.3) is 0 Å². The normalized spacial score (nSPS) is 17.8. The maximum atomic E-state index is 4.68. The first-order valence-electron chi connectivity index (χ1n) is 6.81. The van der Waals surface area contributed by atoms with Crippen LogP contribution in [0.2, 0.25) is 0 Å². The molecule has 1 heterocycles. The Hall–Kier alpha value is 0. The number of aliphatic imine (C=N–C) groups is 1. The maximum absolute atomic E-state index is 4.68. The fourth-order valence-corrected chi connectivity index (χ4v) is 1.99. The van der Waals surface area contributed by atoms with Gasteiger partial charge in [-0.1, -0.05) is 20.3 Å². The zero-order valence-corrected chi connectivity index (χ0v) is 13.9. The quantitative estimate of drug-likeness (QED) is 0.364. The van der Waals surface area contributed by atoms with Crippen LogP contribution in [0, 0.1) is 5.92 Å². The fourth-order valence-electron chi connectivity index (χ4n) is 1.99. The third-order valence-corrected chi connectivity index (χ3v) is 3.19. The van der Waals surface area contributed by atoms with Crippen molar-refractivity contribution < 1.29 is 0 Å². The van der Waals surface area contributed by atoms with Gasteiger partial charge in [0.25, 0.3) is 0 Å². The first-order chi connectivity index (χ1) is 7.77. The van der Waals surface area contributed by atoms with E-state index in [9.17, 15) is 0 Å². The average molecular weight is 353 g/mol. The van der Waals surface area contributed by atoms with Crippen molar-refractivity contribution in [1.29, 1.82) is 0 Å². The van der Waals surface area contributed by atoms with Crippen LogP contribution in [0.3, 0.4) is 0 Å². The minimum atomic E-state index is 0. The van der Waals surface area contributed by atoms with Crippen LogP contribution in [-0.4, -0.2) is 37.0 Å². The Kier molecular flexibility index (Phi) is 9.97. The van der Waals surface area contributed by atoms with Gasteiger partial charge < -0.3 is 10.2 Å². The highest BCUT2D eigenvalue weighted by molar-refractivity contribution is 14.0. The van der Waals surface area contributed by atoms with Gasteiger partial charge in [0.1, 0.15) is 0 Å². The smallest absolute Gasteiger partial charge is 0.193 e. The molecule has 0 bridgehead atoms. The summed E-state index contributed by atoms with van der Waals surface area (Å²) in [5.74, 6) is 2.01. The highest BCUT2D eigenvalue weighted by Gasteiger charge is 2.18. The van der Waals surface area contributed by atoms with Gasteiger partial charge in [-0.05, 0) is 32.1 Å². The number of nitrogens with one attached hydrogen (secondary N) is 1. The van der Waals surface area contributed by atoms with Crippen LogP contribution >= 0.6 is 24.0 Å². The minimum absolute atomic E-state index is 0. The Bertz CT molecular complexity index is 211. The van der Waals surface area contributed by atoms with Gasteiger partial charge in [0.2, 0.25) is 0 Å². The molecule has 1 aliphatic heterocycles. The van der Waals surface area contributed by atoms with Crippen molar-refractivity contribution in [2.24, 2.45) is 10.9 Å². The lowest BCUT2D eigenvalue weighted by molar-refractivity contribution is 0.273. The second-order valence-electron chi connectivity index (χ2n) is 4.76. The molecular formula is C13H28IN3. The van der Waals surface area contributed by atoms with E-state index in [0.29, 0.717) is 0 Å². The molecule has 102 valence electrons. The molecule has 0 amide bonds. The summed E-state index contributed by atoms with van der Waals surface area (Å²) in [6, 6.07) is 0. The van der Waals surface area contributed by atoms with Crippen LogP contribution in [-0.2, 0) is 0 Å². The lowest BCUT2D eigenvalue weighted by Gasteiger charge is -2.33. The van der Waals surface area contributed by atoms with E-state index in [-0.39, 0.29) is 24.0 Å². The molecule has 0 unspecified atom stereocenters. The summed E-state index contributed by atoms with van der Waals surface area (Å²) in [6.07, 6.45) is 5.02. The van der Waals surface area contributed by atoms with Crippen molar-refractivity contribution in [3.8, 4) is 0 Å². The molecule has 0 aliphatic carbocycles. The third-order valence-electron chi connectivity index (χ3n) is 3.19. The zero-order valence-electron chi connectivity index (χ0n) is 11.5. The Morgan fingerprint density at radius 1 is 1.29 bits per heavy atom. The molecule has 0 aromatic carbocycles. The van der Waals surface area contributed by atoms with Crippen molar-refractivity contribution in [2.45, 2.75) is 46.5 Å². The summed E-state index contributed by atoms with van der Waals surface area (Å²) in [5, 5.41) is 3.40. The molecule has 4 heteroatoms. The van der Waals surface area contributed by atoms with Crippen molar-refractivity contribution in [2.75, 3.05) is 26.2 Å². The van der Waals surface area contributed by atoms with Crippen LogP contribution in [0.1, 0.15) is 46.5 Å². The van der Waals surface area contributed by atoms with Crippen LogP contribution in [0.15, 0.2) is 4.99 Å². The number of hydrogen-bond acceptors (Lipinski definition) is 1. The predicted octanol–water partition coefficient (Wildman–Crippen LogP) is 3.10. The van der Waals surface area contributed by atoms with Crippen LogP contribution < -0.4 is 5.32 Å². The van der Waals surface area contributed by atoms with Crippen molar-refractivity contribution in [3.05, 3.63) is 0 Å². The van der Waals surface area contributed by atoms with E-state index in [0.717, 1.165) is 25.0 Å². The van der Waals surface area contributed by atoms with Crippen LogP contribution in [0.4, 0.5) is 0 Å². The Labute approximate surface area is 123 Å². The molecule has 1 fully saturated rings. The molecule has 0 atom stereocenters. The number of nitrogens with zero attached hydrogens (tertiary/aromatic N) is 2. The first-order valence-corrected chi connectivity index (χ1v) is 6.81. The van der Waals surface area contributed by atoms with E-state index in [4.69, 9.17) is 0 Å². The summed E-state index contributed by atoms with van der Waals surface area (Å²) in [4.78, 5) is 7.10. The summed E-state index contributed by atoms with van der Waals surface area (Å²) in [7, 11) is 0. The summed E-state index contributed by atoms with van der Waals surface area (Å²) in [5.41, 5.74) is 0. The van der Waals surface area contributed by atoms with Gasteiger partial charge in [-0.25, -0.2) is 0 Å². The molecule has 0 aromatic rings. The maximum Gasteiger partial charge on any atom is 0.193 e. The number of likely N-dealkylation sites (tertiary alicyclic amines) is 1. The summed E-state index contributed by atoms with van der Waals surface area (Å²) in [6.45, 7) is 11.0. The zero-order chi connectivity index (χ0) is 11.8. The molecule has 3 nitrogen and oxygen atoms in total. The van der Waals surface area contributed by atoms with Gasteiger partial charge in [-0.3, -0.25) is 4.99 Å². The van der Waals surface area contributed by atoms with Gasteiger partial charge in [-0.15, -0.1) is 24.0 Å². The number of halogens is 1. The van der Waals surface area contributed by atoms with Gasteiger partial charge in [0.05, 0.1) is 0 Å². The second-order valence-corrected chi connectivity index (χ2v) is 4.76. The van der Waals surface area contributed by atoms with E-state index in [1.807, 2.05) is 0 Å². The Morgan fingerprint density at radius 3 is 2.47 bits per heavy atom. The number of unbranched alkanes of at least 4 members (excludes halogenated alkanes) is 1. The third kappa shape index (κ3) is 6.48. The highest BCUT2D eigenvalue weighted by Crippen LogP contribution is 2.15. The van der Waals surface area contributed by atoms with Gasteiger partial charge in [0.15, 0.2) is 5.96 Å². The lowest BCUT2D eigenvalue weighted by atomic mass is 10.00. The standard InChI is InChI=1S/C13H27N3.HI/c1-4-6-9-15-13(14-5-2)16-10-7-12(3)8-11-16;/h12H,4-11H2,1-3H3,(H,14,15);1H. The number of guanidine groups is 1. The molecule has 0 radical (unpaired) electrons. The van der Waals surface area contributed by atoms with E-state index >= 15 is 0 Å². The number of rotatable bonds is 4.